The minimum absolute atomic E-state index is 0.112. The fourth-order valence-corrected chi connectivity index (χ4v) is 6.38. The van der Waals surface area contributed by atoms with Gasteiger partial charge in [-0.1, -0.05) is 18.3 Å². The molecule has 1 aromatic rings. The van der Waals surface area contributed by atoms with Gasteiger partial charge in [0.05, 0.1) is 9.89 Å². The topological polar surface area (TPSA) is 12.9 Å². The Kier molecular flexibility index (Phi) is 4.80. The first-order valence-electron chi connectivity index (χ1n) is 5.49. The van der Waals surface area contributed by atoms with Crippen LogP contribution in [0.4, 0.5) is 0 Å². The number of thiocarbonyl (C=S) groups is 1. The first-order chi connectivity index (χ1) is 8.19. The van der Waals surface area contributed by atoms with Crippen LogP contribution in [-0.4, -0.2) is 26.9 Å². The van der Waals surface area contributed by atoms with E-state index in [2.05, 4.69) is 18.4 Å². The molecule has 0 aromatic carbocycles. The standard InChI is InChI=1S/C12H15NS4/c1-9-5-3-6-10(13-9)12(11(14)15-2)16-7-4-8-17-12/h3,5-6H,4,7-8H2,1-2H3. The normalized spacial score (nSPS) is 18.9. The lowest BCUT2D eigenvalue weighted by Gasteiger charge is -2.35. The van der Waals surface area contributed by atoms with E-state index >= 15 is 0 Å². The van der Waals surface area contributed by atoms with Crippen molar-refractivity contribution >= 4 is 51.7 Å². The molecule has 0 N–H and O–H groups in total. The Morgan fingerprint density at radius 2 is 2.12 bits per heavy atom. The van der Waals surface area contributed by atoms with Gasteiger partial charge in [0.2, 0.25) is 0 Å². The molecule has 5 heteroatoms. The minimum atomic E-state index is -0.112. The van der Waals surface area contributed by atoms with E-state index in [-0.39, 0.29) is 4.08 Å². The van der Waals surface area contributed by atoms with Crippen LogP contribution in [0.25, 0.3) is 0 Å². The highest BCUT2D eigenvalue weighted by Crippen LogP contribution is 2.52. The molecule has 17 heavy (non-hydrogen) atoms. The number of rotatable bonds is 2. The van der Waals surface area contributed by atoms with Gasteiger partial charge in [0.1, 0.15) is 4.08 Å². The summed E-state index contributed by atoms with van der Waals surface area (Å²) in [6, 6.07) is 6.23. The summed E-state index contributed by atoms with van der Waals surface area (Å²) in [5.41, 5.74) is 2.18. The van der Waals surface area contributed by atoms with Crippen molar-refractivity contribution < 1.29 is 0 Å². The zero-order chi connectivity index (χ0) is 12.3. The molecule has 1 saturated heterocycles. The Morgan fingerprint density at radius 3 is 2.71 bits per heavy atom. The van der Waals surface area contributed by atoms with Crippen LogP contribution >= 0.6 is 47.5 Å². The highest BCUT2D eigenvalue weighted by atomic mass is 32.2. The Morgan fingerprint density at radius 1 is 1.41 bits per heavy atom. The monoisotopic (exact) mass is 301 g/mol. The van der Waals surface area contributed by atoms with Crippen molar-refractivity contribution in [1.29, 1.82) is 0 Å². The number of thioether (sulfide) groups is 3. The van der Waals surface area contributed by atoms with Gasteiger partial charge in [0.25, 0.3) is 0 Å². The lowest BCUT2D eigenvalue weighted by atomic mass is 10.2. The van der Waals surface area contributed by atoms with Crippen LogP contribution in [0.3, 0.4) is 0 Å². The molecule has 92 valence electrons. The highest BCUT2D eigenvalue weighted by molar-refractivity contribution is 8.30. The average molecular weight is 302 g/mol. The molecule has 1 aromatic heterocycles. The Bertz CT molecular complexity index is 413. The van der Waals surface area contributed by atoms with Crippen molar-refractivity contribution in [1.82, 2.24) is 4.98 Å². The third kappa shape index (κ3) is 2.83. The van der Waals surface area contributed by atoms with E-state index in [9.17, 15) is 0 Å². The molecule has 0 spiro atoms. The molecule has 0 bridgehead atoms. The number of hydrogen-bond acceptors (Lipinski definition) is 5. The van der Waals surface area contributed by atoms with Crippen molar-refractivity contribution in [3.63, 3.8) is 0 Å². The first kappa shape index (κ1) is 13.7. The molecule has 1 fully saturated rings. The third-order valence-electron chi connectivity index (χ3n) is 2.58. The lowest BCUT2D eigenvalue weighted by molar-refractivity contribution is 1.01. The van der Waals surface area contributed by atoms with E-state index in [0.717, 1.165) is 15.6 Å². The molecule has 2 rings (SSSR count). The summed E-state index contributed by atoms with van der Waals surface area (Å²) in [5.74, 6) is 2.34. The predicted molar refractivity (Wildman–Crippen MR) is 86.3 cm³/mol. The number of nitrogens with zero attached hydrogens (tertiary/aromatic N) is 1. The molecule has 0 aliphatic carbocycles. The van der Waals surface area contributed by atoms with Crippen LogP contribution < -0.4 is 0 Å². The fraction of sp³-hybridized carbons (Fsp3) is 0.500. The largest absolute Gasteiger partial charge is 0.255 e. The summed E-state index contributed by atoms with van der Waals surface area (Å²) >= 11 is 11.2. The summed E-state index contributed by atoms with van der Waals surface area (Å²) < 4.78 is 0.934. The zero-order valence-corrected chi connectivity index (χ0v) is 13.2. The van der Waals surface area contributed by atoms with E-state index in [0.29, 0.717) is 0 Å². The van der Waals surface area contributed by atoms with Crippen LogP contribution in [0.2, 0.25) is 0 Å². The van der Waals surface area contributed by atoms with Gasteiger partial charge < -0.3 is 0 Å². The van der Waals surface area contributed by atoms with Gasteiger partial charge in [0.15, 0.2) is 0 Å². The smallest absolute Gasteiger partial charge is 0.144 e. The van der Waals surface area contributed by atoms with Gasteiger partial charge in [-0.15, -0.1) is 35.3 Å². The summed E-state index contributed by atoms with van der Waals surface area (Å²) in [6.45, 7) is 2.04. The van der Waals surface area contributed by atoms with Gasteiger partial charge in [0, 0.05) is 5.69 Å². The summed E-state index contributed by atoms with van der Waals surface area (Å²) in [4.78, 5) is 4.70. The van der Waals surface area contributed by atoms with E-state index in [1.807, 2.05) is 36.5 Å². The highest BCUT2D eigenvalue weighted by Gasteiger charge is 2.41. The van der Waals surface area contributed by atoms with E-state index < -0.39 is 0 Å². The maximum atomic E-state index is 5.59. The summed E-state index contributed by atoms with van der Waals surface area (Å²) in [6.07, 6.45) is 3.33. The van der Waals surface area contributed by atoms with Crippen molar-refractivity contribution in [2.24, 2.45) is 0 Å². The molecule has 0 unspecified atom stereocenters. The molecular formula is C12H15NS4. The van der Waals surface area contributed by atoms with Crippen molar-refractivity contribution in [3.05, 3.63) is 29.6 Å². The number of hydrogen-bond donors (Lipinski definition) is 0. The van der Waals surface area contributed by atoms with Crippen LogP contribution in [0, 0.1) is 6.92 Å². The second-order valence-corrected chi connectivity index (χ2v) is 8.18. The van der Waals surface area contributed by atoms with E-state index in [1.165, 1.54) is 17.9 Å². The summed E-state index contributed by atoms with van der Waals surface area (Å²) in [5, 5.41) is 0. The van der Waals surface area contributed by atoms with Crippen LogP contribution in [0.15, 0.2) is 18.2 Å². The van der Waals surface area contributed by atoms with Crippen LogP contribution in [0.1, 0.15) is 17.8 Å². The third-order valence-corrected chi connectivity index (χ3v) is 7.91. The first-order valence-corrected chi connectivity index (χ1v) is 9.10. The van der Waals surface area contributed by atoms with E-state index in [1.54, 1.807) is 11.8 Å². The fourth-order valence-electron chi connectivity index (χ4n) is 1.76. The maximum Gasteiger partial charge on any atom is 0.144 e. The lowest BCUT2D eigenvalue weighted by Crippen LogP contribution is -2.30. The van der Waals surface area contributed by atoms with Gasteiger partial charge >= 0.3 is 0 Å². The molecule has 1 aliphatic heterocycles. The van der Waals surface area contributed by atoms with Gasteiger partial charge in [-0.25, -0.2) is 0 Å². The zero-order valence-electron chi connectivity index (χ0n) is 9.93. The minimum Gasteiger partial charge on any atom is -0.255 e. The molecular weight excluding hydrogens is 286 g/mol. The number of aryl methyl sites for hydroxylation is 1. The maximum absolute atomic E-state index is 5.59. The molecule has 0 saturated carbocycles. The Balaban J connectivity index is 2.42. The van der Waals surface area contributed by atoms with Crippen molar-refractivity contribution in [2.75, 3.05) is 17.8 Å². The van der Waals surface area contributed by atoms with Crippen LogP contribution in [-0.2, 0) is 4.08 Å². The Labute approximate surface area is 121 Å². The van der Waals surface area contributed by atoms with Crippen LogP contribution in [0.5, 0.6) is 0 Å². The SMILES string of the molecule is CSC(=S)C1(c2cccc(C)n2)SCCCS1. The number of pyridine rings is 1. The second kappa shape index (κ2) is 5.95. The molecule has 0 amide bonds. The van der Waals surface area contributed by atoms with Gasteiger partial charge in [-0.05, 0) is 43.2 Å². The Hall–Kier alpha value is 0.290. The molecule has 1 nitrogen and oxygen atoms in total. The second-order valence-electron chi connectivity index (χ2n) is 3.82. The quantitative estimate of drug-likeness (QED) is 0.760. The number of aromatic nitrogens is 1. The summed E-state index contributed by atoms with van der Waals surface area (Å²) in [7, 11) is 0. The molecule has 0 radical (unpaired) electrons. The van der Waals surface area contributed by atoms with Gasteiger partial charge in [-0.2, -0.15) is 0 Å². The average Bonchev–Trinajstić information content (AvgIpc) is 2.38. The molecule has 2 heterocycles. The van der Waals surface area contributed by atoms with Crippen molar-refractivity contribution in [3.8, 4) is 0 Å². The molecule has 0 atom stereocenters. The molecule has 1 aliphatic rings. The predicted octanol–water partition coefficient (Wildman–Crippen LogP) is 4.10. The van der Waals surface area contributed by atoms with Gasteiger partial charge in [-0.3, -0.25) is 4.98 Å². The van der Waals surface area contributed by atoms with Crippen molar-refractivity contribution in [2.45, 2.75) is 17.4 Å². The van der Waals surface area contributed by atoms with E-state index in [4.69, 9.17) is 17.2 Å².